The zero-order valence-corrected chi connectivity index (χ0v) is 13.3. The molecule has 1 aromatic rings. The van der Waals surface area contributed by atoms with E-state index in [1.54, 1.807) is 7.05 Å². The van der Waals surface area contributed by atoms with Crippen LogP contribution in [0.2, 0.25) is 0 Å². The second-order valence-electron chi connectivity index (χ2n) is 5.56. The summed E-state index contributed by atoms with van der Waals surface area (Å²) >= 11 is 0. The number of piperidine rings is 1. The van der Waals surface area contributed by atoms with E-state index in [-0.39, 0.29) is 0 Å². The van der Waals surface area contributed by atoms with E-state index in [4.69, 9.17) is 5.26 Å². The molecule has 0 radical (unpaired) electrons. The van der Waals surface area contributed by atoms with Crippen molar-refractivity contribution in [2.45, 2.75) is 25.8 Å². The van der Waals surface area contributed by atoms with Crippen LogP contribution in [0, 0.1) is 11.3 Å². The van der Waals surface area contributed by atoms with Crippen molar-refractivity contribution in [3.63, 3.8) is 0 Å². The van der Waals surface area contributed by atoms with Gasteiger partial charge in [-0.1, -0.05) is 18.6 Å². The van der Waals surface area contributed by atoms with E-state index in [0.717, 1.165) is 24.6 Å². The van der Waals surface area contributed by atoms with E-state index in [1.165, 1.54) is 32.4 Å². The van der Waals surface area contributed by atoms with Gasteiger partial charge in [0.1, 0.15) is 0 Å². The van der Waals surface area contributed by atoms with Gasteiger partial charge in [0, 0.05) is 26.7 Å². The summed E-state index contributed by atoms with van der Waals surface area (Å²) in [6, 6.07) is 9.73. The van der Waals surface area contributed by atoms with Gasteiger partial charge in [-0.15, -0.1) is 0 Å². The van der Waals surface area contributed by atoms with Crippen molar-refractivity contribution in [2.24, 2.45) is 4.99 Å². The Bertz CT molecular complexity index is 509. The summed E-state index contributed by atoms with van der Waals surface area (Å²) in [5, 5.41) is 15.4. The highest BCUT2D eigenvalue weighted by Gasteiger charge is 2.09. The highest BCUT2D eigenvalue weighted by Crippen LogP contribution is 2.07. The predicted molar refractivity (Wildman–Crippen MR) is 89.6 cm³/mol. The zero-order chi connectivity index (χ0) is 15.6. The molecule has 0 aliphatic carbocycles. The Kier molecular flexibility index (Phi) is 6.72. The van der Waals surface area contributed by atoms with Gasteiger partial charge in [0.05, 0.1) is 11.6 Å². The maximum atomic E-state index is 8.79. The Morgan fingerprint density at radius 2 is 1.91 bits per heavy atom. The average molecular weight is 299 g/mol. The summed E-state index contributed by atoms with van der Waals surface area (Å²) in [5.74, 6) is 0.821. The fourth-order valence-electron chi connectivity index (χ4n) is 2.62. The molecule has 0 spiro atoms. The molecule has 1 heterocycles. The van der Waals surface area contributed by atoms with Crippen LogP contribution >= 0.6 is 0 Å². The van der Waals surface area contributed by atoms with Crippen LogP contribution in [0.15, 0.2) is 29.3 Å². The molecule has 118 valence electrons. The Labute approximate surface area is 133 Å². The van der Waals surface area contributed by atoms with E-state index in [9.17, 15) is 0 Å². The van der Waals surface area contributed by atoms with E-state index in [0.29, 0.717) is 12.1 Å². The van der Waals surface area contributed by atoms with Crippen LogP contribution in [0.25, 0.3) is 0 Å². The third-order valence-corrected chi connectivity index (χ3v) is 3.94. The minimum atomic E-state index is 0.688. The lowest BCUT2D eigenvalue weighted by atomic mass is 10.1. The molecule has 1 fully saturated rings. The molecule has 2 rings (SSSR count). The molecular formula is C17H25N5. The van der Waals surface area contributed by atoms with Crippen molar-refractivity contribution < 1.29 is 0 Å². The second kappa shape index (κ2) is 9.06. The van der Waals surface area contributed by atoms with Gasteiger partial charge in [-0.25, -0.2) is 0 Å². The molecule has 0 saturated carbocycles. The van der Waals surface area contributed by atoms with E-state index in [2.05, 4.69) is 26.6 Å². The molecule has 1 aromatic carbocycles. The number of benzene rings is 1. The lowest BCUT2D eigenvalue weighted by molar-refractivity contribution is 0.232. The highest BCUT2D eigenvalue weighted by molar-refractivity contribution is 5.79. The molecule has 5 nitrogen and oxygen atoms in total. The number of aliphatic imine (C=N–C) groups is 1. The minimum Gasteiger partial charge on any atom is -0.355 e. The van der Waals surface area contributed by atoms with E-state index >= 15 is 0 Å². The Hall–Kier alpha value is -2.06. The van der Waals surface area contributed by atoms with Crippen LogP contribution in [0.1, 0.15) is 30.4 Å². The highest BCUT2D eigenvalue weighted by atomic mass is 15.2. The molecule has 0 atom stereocenters. The molecule has 1 saturated heterocycles. The maximum Gasteiger partial charge on any atom is 0.191 e. The summed E-state index contributed by atoms with van der Waals surface area (Å²) in [4.78, 5) is 6.75. The van der Waals surface area contributed by atoms with Gasteiger partial charge in [0.15, 0.2) is 5.96 Å². The quantitative estimate of drug-likeness (QED) is 0.642. The number of nitrogens with zero attached hydrogens (tertiary/aromatic N) is 3. The monoisotopic (exact) mass is 299 g/mol. The number of nitrogens with one attached hydrogen (secondary N) is 2. The Morgan fingerprint density at radius 1 is 1.18 bits per heavy atom. The summed E-state index contributed by atoms with van der Waals surface area (Å²) in [7, 11) is 1.79. The minimum absolute atomic E-state index is 0.688. The first-order valence-electron chi connectivity index (χ1n) is 7.98. The number of nitriles is 1. The lowest BCUT2D eigenvalue weighted by Crippen LogP contribution is -2.42. The number of rotatable bonds is 5. The third kappa shape index (κ3) is 5.38. The van der Waals surface area contributed by atoms with E-state index in [1.807, 2.05) is 24.3 Å². The van der Waals surface area contributed by atoms with Gasteiger partial charge in [0.2, 0.25) is 0 Å². The van der Waals surface area contributed by atoms with Crippen molar-refractivity contribution in [3.05, 3.63) is 35.4 Å². The lowest BCUT2D eigenvalue weighted by Gasteiger charge is -2.26. The Morgan fingerprint density at radius 3 is 2.55 bits per heavy atom. The van der Waals surface area contributed by atoms with Crippen LogP contribution in [0.4, 0.5) is 0 Å². The van der Waals surface area contributed by atoms with Crippen LogP contribution < -0.4 is 10.6 Å². The topological polar surface area (TPSA) is 63.5 Å². The van der Waals surface area contributed by atoms with Crippen LogP contribution in [-0.4, -0.2) is 44.1 Å². The molecule has 1 aliphatic heterocycles. The Balaban J connectivity index is 1.69. The summed E-state index contributed by atoms with van der Waals surface area (Å²) in [6.07, 6.45) is 4.02. The third-order valence-electron chi connectivity index (χ3n) is 3.94. The smallest absolute Gasteiger partial charge is 0.191 e. The predicted octanol–water partition coefficient (Wildman–Crippen LogP) is 1.71. The molecule has 22 heavy (non-hydrogen) atoms. The van der Waals surface area contributed by atoms with Gasteiger partial charge >= 0.3 is 0 Å². The van der Waals surface area contributed by atoms with Crippen LogP contribution in [-0.2, 0) is 6.54 Å². The molecule has 0 unspecified atom stereocenters. The maximum absolute atomic E-state index is 8.79. The fourth-order valence-corrected chi connectivity index (χ4v) is 2.62. The first-order chi connectivity index (χ1) is 10.8. The number of hydrogen-bond donors (Lipinski definition) is 2. The first-order valence-corrected chi connectivity index (χ1v) is 7.98. The molecule has 0 bridgehead atoms. The van der Waals surface area contributed by atoms with E-state index < -0.39 is 0 Å². The average Bonchev–Trinajstić information content (AvgIpc) is 2.59. The summed E-state index contributed by atoms with van der Waals surface area (Å²) in [5.41, 5.74) is 1.82. The van der Waals surface area contributed by atoms with Gasteiger partial charge < -0.3 is 15.5 Å². The summed E-state index contributed by atoms with van der Waals surface area (Å²) in [6.45, 7) is 5.12. The molecule has 0 aromatic heterocycles. The first kappa shape index (κ1) is 16.3. The van der Waals surface area contributed by atoms with Gasteiger partial charge in [0.25, 0.3) is 0 Å². The van der Waals surface area contributed by atoms with Gasteiger partial charge in [-0.2, -0.15) is 5.26 Å². The molecule has 0 amide bonds. The van der Waals surface area contributed by atoms with Gasteiger partial charge in [-0.05, 0) is 43.6 Å². The zero-order valence-electron chi connectivity index (χ0n) is 13.3. The van der Waals surface area contributed by atoms with Crippen molar-refractivity contribution in [1.29, 1.82) is 5.26 Å². The molecule has 1 aliphatic rings. The number of likely N-dealkylation sites (tertiary alicyclic amines) is 1. The van der Waals surface area contributed by atoms with Crippen molar-refractivity contribution in [3.8, 4) is 6.07 Å². The molecule has 5 heteroatoms. The summed E-state index contributed by atoms with van der Waals surface area (Å²) < 4.78 is 0. The standard InChI is InChI=1S/C17H25N5/c1-19-17(20-9-12-22-10-3-2-4-11-22)21-14-16-7-5-15(13-18)6-8-16/h5-8H,2-4,9-12,14H2,1H3,(H2,19,20,21). The SMILES string of the molecule is CN=C(NCCN1CCCCC1)NCc1ccc(C#N)cc1. The molecular weight excluding hydrogens is 274 g/mol. The molecule has 2 N–H and O–H groups in total. The second-order valence-corrected chi connectivity index (χ2v) is 5.56. The van der Waals surface area contributed by atoms with Crippen LogP contribution in [0.5, 0.6) is 0 Å². The van der Waals surface area contributed by atoms with Crippen molar-refractivity contribution in [1.82, 2.24) is 15.5 Å². The number of hydrogen-bond acceptors (Lipinski definition) is 3. The number of guanidine groups is 1. The largest absolute Gasteiger partial charge is 0.355 e. The van der Waals surface area contributed by atoms with Crippen molar-refractivity contribution in [2.75, 3.05) is 33.2 Å². The van der Waals surface area contributed by atoms with Gasteiger partial charge in [-0.3, -0.25) is 4.99 Å². The fraction of sp³-hybridized carbons (Fsp3) is 0.529. The normalized spacial score (nSPS) is 16.1. The van der Waals surface area contributed by atoms with Crippen molar-refractivity contribution >= 4 is 5.96 Å². The van der Waals surface area contributed by atoms with Crippen LogP contribution in [0.3, 0.4) is 0 Å².